The molecule has 0 aliphatic rings. The molecular formula is C17H13NO6. The van der Waals surface area contributed by atoms with Gasteiger partial charge in [-0.25, -0.2) is 4.79 Å². The molecule has 1 N–H and O–H groups in total. The van der Waals surface area contributed by atoms with E-state index >= 15 is 0 Å². The number of benzene rings is 2. The largest absolute Gasteiger partial charge is 0.502 e. The number of rotatable bonds is 4. The third kappa shape index (κ3) is 2.56. The molecule has 24 heavy (non-hydrogen) atoms. The Bertz CT molecular complexity index is 929. The van der Waals surface area contributed by atoms with Crippen molar-refractivity contribution >= 4 is 22.6 Å². The summed E-state index contributed by atoms with van der Waals surface area (Å²) in [7, 11) is 0. The molecule has 2 aromatic carbocycles. The first-order valence-electron chi connectivity index (χ1n) is 7.19. The fraction of sp³-hybridized carbons (Fsp3) is 0.118. The number of aromatic hydroxyl groups is 1. The Morgan fingerprint density at radius 1 is 1.29 bits per heavy atom. The SMILES string of the molecule is CCOC(=O)c1c(-c2ccccc2)oc2cc([N+](=O)[O-])c(O)cc12. The monoisotopic (exact) mass is 327 g/mol. The number of nitro groups is 1. The number of nitrogens with zero attached hydrogens (tertiary/aromatic N) is 1. The minimum atomic E-state index is -0.719. The molecule has 0 aliphatic heterocycles. The van der Waals surface area contributed by atoms with E-state index in [4.69, 9.17) is 9.15 Å². The summed E-state index contributed by atoms with van der Waals surface area (Å²) in [5.41, 5.74) is 0.384. The number of phenolic OH excluding ortho intramolecular Hbond substituents is 1. The fourth-order valence-electron chi connectivity index (χ4n) is 2.47. The van der Waals surface area contributed by atoms with Crippen LogP contribution in [0.15, 0.2) is 46.9 Å². The minimum absolute atomic E-state index is 0.126. The molecule has 0 aliphatic carbocycles. The van der Waals surface area contributed by atoms with E-state index in [-0.39, 0.29) is 28.9 Å². The van der Waals surface area contributed by atoms with Gasteiger partial charge >= 0.3 is 11.7 Å². The van der Waals surface area contributed by atoms with E-state index in [1.54, 1.807) is 31.2 Å². The quantitative estimate of drug-likeness (QED) is 0.443. The smallest absolute Gasteiger partial charge is 0.342 e. The highest BCUT2D eigenvalue weighted by Gasteiger charge is 2.26. The maximum atomic E-state index is 12.3. The Morgan fingerprint density at radius 3 is 2.62 bits per heavy atom. The first-order valence-corrected chi connectivity index (χ1v) is 7.19. The lowest BCUT2D eigenvalue weighted by atomic mass is 10.1. The highest BCUT2D eigenvalue weighted by Crippen LogP contribution is 2.39. The number of carbonyl (C=O) groups is 1. The molecule has 7 nitrogen and oxygen atoms in total. The van der Waals surface area contributed by atoms with E-state index < -0.39 is 22.3 Å². The number of hydrogen-bond donors (Lipinski definition) is 1. The summed E-state index contributed by atoms with van der Waals surface area (Å²) in [6, 6.07) is 11.1. The van der Waals surface area contributed by atoms with Crippen LogP contribution in [0.1, 0.15) is 17.3 Å². The Labute approximate surface area is 136 Å². The van der Waals surface area contributed by atoms with E-state index in [0.717, 1.165) is 12.1 Å². The normalized spacial score (nSPS) is 10.7. The lowest BCUT2D eigenvalue weighted by molar-refractivity contribution is -0.385. The molecule has 1 aromatic heterocycles. The van der Waals surface area contributed by atoms with E-state index in [1.807, 2.05) is 6.07 Å². The number of nitro benzene ring substituents is 1. The van der Waals surface area contributed by atoms with Gasteiger partial charge < -0.3 is 14.3 Å². The van der Waals surface area contributed by atoms with Crippen molar-refractivity contribution in [3.05, 3.63) is 58.1 Å². The van der Waals surface area contributed by atoms with Crippen LogP contribution in [-0.4, -0.2) is 22.6 Å². The summed E-state index contributed by atoms with van der Waals surface area (Å²) in [5, 5.41) is 21.1. The van der Waals surface area contributed by atoms with Crippen LogP contribution in [0.4, 0.5) is 5.69 Å². The van der Waals surface area contributed by atoms with E-state index in [1.165, 1.54) is 0 Å². The molecule has 0 fully saturated rings. The molecule has 0 saturated carbocycles. The van der Waals surface area contributed by atoms with Crippen LogP contribution < -0.4 is 0 Å². The van der Waals surface area contributed by atoms with Gasteiger partial charge in [0.2, 0.25) is 0 Å². The zero-order valence-electron chi connectivity index (χ0n) is 12.7. The lowest BCUT2D eigenvalue weighted by Crippen LogP contribution is -2.05. The van der Waals surface area contributed by atoms with Crippen molar-refractivity contribution < 1.29 is 24.0 Å². The van der Waals surface area contributed by atoms with Gasteiger partial charge in [0, 0.05) is 10.9 Å². The van der Waals surface area contributed by atoms with Gasteiger partial charge in [0.25, 0.3) is 0 Å². The van der Waals surface area contributed by atoms with Crippen molar-refractivity contribution in [2.75, 3.05) is 6.61 Å². The van der Waals surface area contributed by atoms with E-state index in [0.29, 0.717) is 5.56 Å². The minimum Gasteiger partial charge on any atom is -0.502 e. The van der Waals surface area contributed by atoms with Gasteiger partial charge in [0.05, 0.1) is 17.6 Å². The Kier molecular flexibility index (Phi) is 3.91. The van der Waals surface area contributed by atoms with Crippen LogP contribution in [0.25, 0.3) is 22.3 Å². The molecule has 0 amide bonds. The van der Waals surface area contributed by atoms with Gasteiger partial charge in [0.1, 0.15) is 16.9 Å². The van der Waals surface area contributed by atoms with Gasteiger partial charge in [-0.1, -0.05) is 30.3 Å². The molecule has 7 heteroatoms. The third-order valence-electron chi connectivity index (χ3n) is 3.50. The summed E-state index contributed by atoms with van der Waals surface area (Å²) in [4.78, 5) is 22.6. The van der Waals surface area contributed by atoms with Crippen molar-refractivity contribution in [1.82, 2.24) is 0 Å². The van der Waals surface area contributed by atoms with Crippen molar-refractivity contribution in [1.29, 1.82) is 0 Å². The predicted molar refractivity (Wildman–Crippen MR) is 85.9 cm³/mol. The summed E-state index contributed by atoms with van der Waals surface area (Å²) < 4.78 is 10.7. The standard InChI is InChI=1S/C17H13NO6/c1-2-23-17(20)15-11-8-13(19)12(18(21)22)9-14(11)24-16(15)10-6-4-3-5-7-10/h3-9,19H,2H2,1H3. The molecule has 0 bridgehead atoms. The Morgan fingerprint density at radius 2 is 2.00 bits per heavy atom. The number of esters is 1. The van der Waals surface area contributed by atoms with E-state index in [2.05, 4.69) is 0 Å². The van der Waals surface area contributed by atoms with Crippen LogP contribution >= 0.6 is 0 Å². The van der Waals surface area contributed by atoms with Gasteiger partial charge in [-0.05, 0) is 13.0 Å². The van der Waals surface area contributed by atoms with Crippen molar-refractivity contribution in [2.45, 2.75) is 6.92 Å². The van der Waals surface area contributed by atoms with Crippen LogP contribution in [-0.2, 0) is 4.74 Å². The molecular weight excluding hydrogens is 314 g/mol. The van der Waals surface area contributed by atoms with Gasteiger partial charge in [-0.15, -0.1) is 0 Å². The van der Waals surface area contributed by atoms with Crippen molar-refractivity contribution in [2.24, 2.45) is 0 Å². The van der Waals surface area contributed by atoms with Crippen molar-refractivity contribution in [3.8, 4) is 17.1 Å². The summed E-state index contributed by atoms with van der Waals surface area (Å²) >= 11 is 0. The molecule has 0 atom stereocenters. The second kappa shape index (κ2) is 6.04. The third-order valence-corrected chi connectivity index (χ3v) is 3.50. The summed E-state index contributed by atoms with van der Waals surface area (Å²) in [6.45, 7) is 1.84. The first-order chi connectivity index (χ1) is 11.5. The first kappa shape index (κ1) is 15.5. The van der Waals surface area contributed by atoms with Crippen LogP contribution in [0.2, 0.25) is 0 Å². The maximum Gasteiger partial charge on any atom is 0.342 e. The zero-order chi connectivity index (χ0) is 17.3. The molecule has 3 rings (SSSR count). The number of fused-ring (bicyclic) bond motifs is 1. The number of carbonyl (C=O) groups excluding carboxylic acids is 1. The Balaban J connectivity index is 2.32. The molecule has 0 unspecified atom stereocenters. The highest BCUT2D eigenvalue weighted by atomic mass is 16.6. The topological polar surface area (TPSA) is 103 Å². The van der Waals surface area contributed by atoms with Crippen LogP contribution in [0, 0.1) is 10.1 Å². The number of ether oxygens (including phenoxy) is 1. The molecule has 1 heterocycles. The fourth-order valence-corrected chi connectivity index (χ4v) is 2.47. The molecule has 0 saturated heterocycles. The van der Waals surface area contributed by atoms with Gasteiger partial charge in [-0.3, -0.25) is 10.1 Å². The van der Waals surface area contributed by atoms with Gasteiger partial charge in [0.15, 0.2) is 5.75 Å². The number of furan rings is 1. The maximum absolute atomic E-state index is 12.3. The summed E-state index contributed by atoms with van der Waals surface area (Å²) in [5.74, 6) is -0.925. The zero-order valence-corrected chi connectivity index (χ0v) is 12.7. The van der Waals surface area contributed by atoms with Crippen LogP contribution in [0.5, 0.6) is 5.75 Å². The van der Waals surface area contributed by atoms with E-state index in [9.17, 15) is 20.0 Å². The molecule has 0 spiro atoms. The van der Waals surface area contributed by atoms with Gasteiger partial charge in [-0.2, -0.15) is 0 Å². The average molecular weight is 327 g/mol. The molecule has 0 radical (unpaired) electrons. The van der Waals surface area contributed by atoms with Crippen molar-refractivity contribution in [3.63, 3.8) is 0 Å². The van der Waals surface area contributed by atoms with Crippen LogP contribution in [0.3, 0.4) is 0 Å². The number of phenols is 1. The lowest BCUT2D eigenvalue weighted by Gasteiger charge is -2.03. The predicted octanol–water partition coefficient (Wildman–Crippen LogP) is 3.89. The Hall–Kier alpha value is -3.35. The number of hydrogen-bond acceptors (Lipinski definition) is 6. The molecule has 122 valence electrons. The average Bonchev–Trinajstić information content (AvgIpc) is 2.93. The highest BCUT2D eigenvalue weighted by molar-refractivity contribution is 6.09. The second-order valence-electron chi connectivity index (χ2n) is 4.99. The summed E-state index contributed by atoms with van der Waals surface area (Å²) in [6.07, 6.45) is 0. The molecule has 3 aromatic rings. The second-order valence-corrected chi connectivity index (χ2v) is 4.99.